The van der Waals surface area contributed by atoms with Crippen LogP contribution >= 0.6 is 24.0 Å². The number of halogens is 2. The average Bonchev–Trinajstić information content (AvgIpc) is 2.61. The minimum absolute atomic E-state index is 0. The van der Waals surface area contributed by atoms with Crippen LogP contribution in [0.4, 0.5) is 0 Å². The summed E-state index contributed by atoms with van der Waals surface area (Å²) >= 11 is 6.07. The van der Waals surface area contributed by atoms with Crippen molar-refractivity contribution >= 4 is 29.9 Å². The largest absolute Gasteiger partial charge is 0.493 e. The number of piperidine rings is 1. The maximum atomic E-state index is 12.8. The Morgan fingerprint density at radius 2 is 2.04 bits per heavy atom. The van der Waals surface area contributed by atoms with Gasteiger partial charge in [-0.05, 0) is 50.4 Å². The van der Waals surface area contributed by atoms with E-state index in [2.05, 4.69) is 0 Å². The van der Waals surface area contributed by atoms with Crippen LogP contribution in [0.15, 0.2) is 18.2 Å². The molecule has 25 heavy (non-hydrogen) atoms. The number of benzene rings is 1. The number of carbonyl (C=O) groups is 1. The van der Waals surface area contributed by atoms with E-state index in [0.29, 0.717) is 49.2 Å². The quantitative estimate of drug-likeness (QED) is 0.689. The molecule has 1 amide bonds. The number of amides is 1. The molecule has 0 spiro atoms. The summed E-state index contributed by atoms with van der Waals surface area (Å²) in [5.41, 5.74) is 6.02. The van der Waals surface area contributed by atoms with E-state index >= 15 is 0 Å². The van der Waals surface area contributed by atoms with Crippen molar-refractivity contribution in [3.8, 4) is 5.75 Å². The summed E-state index contributed by atoms with van der Waals surface area (Å²) < 4.78 is 11.5. The molecule has 1 saturated heterocycles. The Kier molecular flexibility index (Phi) is 10.2. The fourth-order valence-electron chi connectivity index (χ4n) is 2.74. The SMILES string of the molecule is CCCOc1ccc(Cl)cc1C(=O)N1CCC(OCCCN)CC1.Cl. The van der Waals surface area contributed by atoms with Crippen molar-refractivity contribution in [2.24, 2.45) is 5.73 Å². The second-order valence-electron chi connectivity index (χ2n) is 5.99. The first kappa shape index (κ1) is 22.0. The number of nitrogens with zero attached hydrogens (tertiary/aromatic N) is 1. The smallest absolute Gasteiger partial charge is 0.257 e. The molecule has 1 aromatic rings. The number of likely N-dealkylation sites (tertiary alicyclic amines) is 1. The van der Waals surface area contributed by atoms with Gasteiger partial charge in [0.05, 0.1) is 18.3 Å². The summed E-state index contributed by atoms with van der Waals surface area (Å²) in [6.07, 6.45) is 3.68. The number of carbonyl (C=O) groups excluding carboxylic acids is 1. The van der Waals surface area contributed by atoms with Crippen LogP contribution in [0, 0.1) is 0 Å². The highest BCUT2D eigenvalue weighted by Gasteiger charge is 2.26. The first-order valence-corrected chi connectivity index (χ1v) is 9.06. The van der Waals surface area contributed by atoms with Gasteiger partial charge >= 0.3 is 0 Å². The molecule has 142 valence electrons. The molecule has 1 heterocycles. The Morgan fingerprint density at radius 1 is 1.32 bits per heavy atom. The first-order valence-electron chi connectivity index (χ1n) is 8.69. The standard InChI is InChI=1S/C18H27ClN2O3.ClH/c1-2-11-24-17-5-4-14(19)13-16(17)18(22)21-9-6-15(7-10-21)23-12-3-8-20;/h4-5,13,15H,2-3,6-12,20H2,1H3;1H. The predicted octanol–water partition coefficient (Wildman–Crippen LogP) is 3.52. The third kappa shape index (κ3) is 6.66. The van der Waals surface area contributed by atoms with Gasteiger partial charge in [0.25, 0.3) is 5.91 Å². The zero-order valence-corrected chi connectivity index (χ0v) is 16.3. The van der Waals surface area contributed by atoms with Gasteiger partial charge in [-0.3, -0.25) is 4.79 Å². The Hall–Kier alpha value is -1.01. The molecule has 5 nitrogen and oxygen atoms in total. The fraction of sp³-hybridized carbons (Fsp3) is 0.611. The van der Waals surface area contributed by atoms with Gasteiger partial charge in [-0.2, -0.15) is 0 Å². The van der Waals surface area contributed by atoms with E-state index in [4.69, 9.17) is 26.8 Å². The highest BCUT2D eigenvalue weighted by Crippen LogP contribution is 2.26. The van der Waals surface area contributed by atoms with Gasteiger partial charge in [0, 0.05) is 24.7 Å². The lowest BCUT2D eigenvalue weighted by atomic mass is 10.1. The molecule has 0 atom stereocenters. The predicted molar refractivity (Wildman–Crippen MR) is 103 cm³/mol. The summed E-state index contributed by atoms with van der Waals surface area (Å²) in [7, 11) is 0. The zero-order valence-electron chi connectivity index (χ0n) is 14.7. The van der Waals surface area contributed by atoms with Crippen LogP contribution in [0.2, 0.25) is 5.02 Å². The third-order valence-electron chi connectivity index (χ3n) is 4.06. The number of ether oxygens (including phenoxy) is 2. The van der Waals surface area contributed by atoms with Crippen molar-refractivity contribution in [3.05, 3.63) is 28.8 Å². The van der Waals surface area contributed by atoms with E-state index in [1.807, 2.05) is 11.8 Å². The summed E-state index contributed by atoms with van der Waals surface area (Å²) in [5, 5.41) is 0.544. The Morgan fingerprint density at radius 3 is 2.68 bits per heavy atom. The molecular weight excluding hydrogens is 363 g/mol. The molecule has 1 fully saturated rings. The average molecular weight is 391 g/mol. The molecule has 1 aliphatic heterocycles. The van der Waals surface area contributed by atoms with Crippen LogP contribution in [-0.2, 0) is 4.74 Å². The first-order chi connectivity index (χ1) is 11.7. The monoisotopic (exact) mass is 390 g/mol. The second kappa shape index (κ2) is 11.6. The molecule has 0 radical (unpaired) electrons. The molecule has 0 bridgehead atoms. The topological polar surface area (TPSA) is 64.8 Å². The fourth-order valence-corrected chi connectivity index (χ4v) is 2.91. The summed E-state index contributed by atoms with van der Waals surface area (Å²) in [4.78, 5) is 14.7. The van der Waals surface area contributed by atoms with Crippen molar-refractivity contribution in [2.75, 3.05) is 32.8 Å². The maximum absolute atomic E-state index is 12.8. The number of rotatable bonds is 8. The van der Waals surface area contributed by atoms with E-state index in [0.717, 1.165) is 25.7 Å². The third-order valence-corrected chi connectivity index (χ3v) is 4.30. The van der Waals surface area contributed by atoms with E-state index < -0.39 is 0 Å². The van der Waals surface area contributed by atoms with Gasteiger partial charge in [-0.25, -0.2) is 0 Å². The normalized spacial score (nSPS) is 14.9. The molecule has 2 N–H and O–H groups in total. The summed E-state index contributed by atoms with van der Waals surface area (Å²) in [6, 6.07) is 5.22. The molecule has 1 aliphatic rings. The zero-order chi connectivity index (χ0) is 17.4. The van der Waals surface area contributed by atoms with Gasteiger partial charge in [0.15, 0.2) is 0 Å². The van der Waals surface area contributed by atoms with Gasteiger partial charge in [0.2, 0.25) is 0 Å². The number of hydrogen-bond donors (Lipinski definition) is 1. The molecule has 7 heteroatoms. The van der Waals surface area contributed by atoms with E-state index in [9.17, 15) is 4.79 Å². The highest BCUT2D eigenvalue weighted by atomic mass is 35.5. The number of hydrogen-bond acceptors (Lipinski definition) is 4. The Bertz CT molecular complexity index is 535. The van der Waals surface area contributed by atoms with Gasteiger partial charge in [-0.1, -0.05) is 18.5 Å². The highest BCUT2D eigenvalue weighted by molar-refractivity contribution is 6.31. The van der Waals surface area contributed by atoms with Crippen molar-refractivity contribution in [2.45, 2.75) is 38.7 Å². The lowest BCUT2D eigenvalue weighted by molar-refractivity contribution is 0.00836. The van der Waals surface area contributed by atoms with E-state index in [1.54, 1.807) is 18.2 Å². The maximum Gasteiger partial charge on any atom is 0.257 e. The second-order valence-corrected chi connectivity index (χ2v) is 6.43. The van der Waals surface area contributed by atoms with Gasteiger partial charge in [-0.15, -0.1) is 12.4 Å². The van der Waals surface area contributed by atoms with Crippen LogP contribution in [-0.4, -0.2) is 49.8 Å². The minimum atomic E-state index is -0.0241. The molecule has 0 aliphatic carbocycles. The van der Waals surface area contributed by atoms with Crippen molar-refractivity contribution < 1.29 is 14.3 Å². The van der Waals surface area contributed by atoms with Crippen LogP contribution < -0.4 is 10.5 Å². The van der Waals surface area contributed by atoms with Crippen LogP contribution in [0.5, 0.6) is 5.75 Å². The summed E-state index contributed by atoms with van der Waals surface area (Å²) in [5.74, 6) is 0.580. The molecule has 1 aromatic carbocycles. The Labute approximate surface area is 161 Å². The molecule has 0 saturated carbocycles. The lowest BCUT2D eigenvalue weighted by Gasteiger charge is -2.32. The molecule has 0 unspecified atom stereocenters. The Balaban J connectivity index is 0.00000312. The van der Waals surface area contributed by atoms with Crippen molar-refractivity contribution in [1.29, 1.82) is 0 Å². The molecule has 2 rings (SSSR count). The lowest BCUT2D eigenvalue weighted by Crippen LogP contribution is -2.41. The van der Waals surface area contributed by atoms with E-state index in [-0.39, 0.29) is 24.4 Å². The number of nitrogens with two attached hydrogens (primary N) is 1. The van der Waals surface area contributed by atoms with Crippen LogP contribution in [0.25, 0.3) is 0 Å². The van der Waals surface area contributed by atoms with Gasteiger partial charge < -0.3 is 20.1 Å². The molecule has 0 aromatic heterocycles. The molecular formula is C18H28Cl2N2O3. The van der Waals surface area contributed by atoms with Crippen LogP contribution in [0.1, 0.15) is 43.0 Å². The van der Waals surface area contributed by atoms with Crippen molar-refractivity contribution in [1.82, 2.24) is 4.90 Å². The van der Waals surface area contributed by atoms with Crippen molar-refractivity contribution in [3.63, 3.8) is 0 Å². The minimum Gasteiger partial charge on any atom is -0.493 e. The van der Waals surface area contributed by atoms with E-state index in [1.165, 1.54) is 0 Å². The van der Waals surface area contributed by atoms with Crippen LogP contribution in [0.3, 0.4) is 0 Å². The summed E-state index contributed by atoms with van der Waals surface area (Å²) in [6.45, 7) is 5.33. The van der Waals surface area contributed by atoms with Gasteiger partial charge in [0.1, 0.15) is 5.75 Å².